The van der Waals surface area contributed by atoms with E-state index < -0.39 is 11.9 Å². The highest BCUT2D eigenvalue weighted by molar-refractivity contribution is 5.99. The van der Waals surface area contributed by atoms with E-state index in [0.717, 1.165) is 24.9 Å². The summed E-state index contributed by atoms with van der Waals surface area (Å²) in [6.07, 6.45) is 7.46. The first-order chi connectivity index (χ1) is 11.6. The summed E-state index contributed by atoms with van der Waals surface area (Å²) in [5.41, 5.74) is 1.54. The molecule has 3 rings (SSSR count). The fourth-order valence-corrected chi connectivity index (χ4v) is 3.80. The number of piperidine rings is 1. The van der Waals surface area contributed by atoms with Crippen LogP contribution in [-0.4, -0.2) is 41.0 Å². The van der Waals surface area contributed by atoms with Gasteiger partial charge in [0.05, 0.1) is 11.5 Å². The average Bonchev–Trinajstić information content (AvgIpc) is 2.62. The summed E-state index contributed by atoms with van der Waals surface area (Å²) in [6, 6.07) is 8.05. The Morgan fingerprint density at radius 2 is 1.79 bits per heavy atom. The first-order valence-electron chi connectivity index (χ1n) is 9.03. The van der Waals surface area contributed by atoms with Crippen molar-refractivity contribution in [3.63, 3.8) is 0 Å². The smallest absolute Gasteiger partial charge is 0.308 e. The van der Waals surface area contributed by atoms with Crippen molar-refractivity contribution in [3.05, 3.63) is 29.8 Å². The predicted molar refractivity (Wildman–Crippen MR) is 93.2 cm³/mol. The van der Waals surface area contributed by atoms with Gasteiger partial charge in [-0.1, -0.05) is 31.4 Å². The molecule has 2 N–H and O–H groups in total. The zero-order valence-corrected chi connectivity index (χ0v) is 14.0. The van der Waals surface area contributed by atoms with Gasteiger partial charge >= 0.3 is 5.97 Å². The summed E-state index contributed by atoms with van der Waals surface area (Å²) < 4.78 is 0. The molecule has 24 heavy (non-hydrogen) atoms. The Balaban J connectivity index is 1.73. The normalized spacial score (nSPS) is 22.2. The third-order valence-corrected chi connectivity index (χ3v) is 5.18. The highest BCUT2D eigenvalue weighted by Gasteiger charge is 2.29. The van der Waals surface area contributed by atoms with Crippen molar-refractivity contribution in [2.75, 3.05) is 18.4 Å². The maximum atomic E-state index is 12.9. The van der Waals surface area contributed by atoms with Crippen molar-refractivity contribution in [2.45, 2.75) is 51.0 Å². The number of hydrogen-bond acceptors (Lipinski definition) is 3. The molecule has 5 heteroatoms. The SMILES string of the molecule is O=C(O)C1CCCN(C(=O)c2ccccc2NC2CCCCC2)C1. The number of anilines is 1. The summed E-state index contributed by atoms with van der Waals surface area (Å²) in [6.45, 7) is 0.951. The lowest BCUT2D eigenvalue weighted by Crippen LogP contribution is -2.42. The van der Waals surface area contributed by atoms with Crippen LogP contribution in [0.2, 0.25) is 0 Å². The van der Waals surface area contributed by atoms with Gasteiger partial charge in [0, 0.05) is 24.8 Å². The van der Waals surface area contributed by atoms with Gasteiger partial charge in [-0.3, -0.25) is 9.59 Å². The van der Waals surface area contributed by atoms with Crippen LogP contribution in [0.4, 0.5) is 5.69 Å². The van der Waals surface area contributed by atoms with E-state index in [1.165, 1.54) is 19.3 Å². The molecule has 1 saturated heterocycles. The number of carbonyl (C=O) groups is 2. The van der Waals surface area contributed by atoms with E-state index in [1.54, 1.807) is 4.90 Å². The van der Waals surface area contributed by atoms with Gasteiger partial charge in [-0.2, -0.15) is 0 Å². The largest absolute Gasteiger partial charge is 0.481 e. The number of carboxylic acid groups (broad SMARTS) is 1. The molecule has 1 amide bonds. The van der Waals surface area contributed by atoms with E-state index in [9.17, 15) is 14.7 Å². The monoisotopic (exact) mass is 330 g/mol. The molecule has 1 saturated carbocycles. The predicted octanol–water partition coefficient (Wildman–Crippen LogP) is 3.37. The molecule has 2 aliphatic rings. The van der Waals surface area contributed by atoms with E-state index in [1.807, 2.05) is 24.3 Å². The number of benzene rings is 1. The second kappa shape index (κ2) is 7.69. The molecule has 1 aliphatic heterocycles. The molecule has 0 aromatic heterocycles. The van der Waals surface area contributed by atoms with Crippen molar-refractivity contribution in [1.29, 1.82) is 0 Å². The van der Waals surface area contributed by atoms with Crippen molar-refractivity contribution < 1.29 is 14.7 Å². The van der Waals surface area contributed by atoms with Gasteiger partial charge in [-0.05, 0) is 37.8 Å². The van der Waals surface area contributed by atoms with E-state index in [0.29, 0.717) is 31.1 Å². The van der Waals surface area contributed by atoms with Crippen LogP contribution < -0.4 is 5.32 Å². The quantitative estimate of drug-likeness (QED) is 0.888. The molecule has 0 bridgehead atoms. The molecule has 1 aromatic carbocycles. The molecular weight excluding hydrogens is 304 g/mol. The van der Waals surface area contributed by atoms with Crippen LogP contribution in [0.15, 0.2) is 24.3 Å². The zero-order chi connectivity index (χ0) is 16.9. The minimum atomic E-state index is -0.805. The topological polar surface area (TPSA) is 69.6 Å². The van der Waals surface area contributed by atoms with Crippen LogP contribution in [0.1, 0.15) is 55.3 Å². The minimum Gasteiger partial charge on any atom is -0.481 e. The number of para-hydroxylation sites is 1. The Kier molecular flexibility index (Phi) is 5.38. The Hall–Kier alpha value is -2.04. The van der Waals surface area contributed by atoms with Gasteiger partial charge in [0.25, 0.3) is 5.91 Å². The molecule has 1 unspecified atom stereocenters. The minimum absolute atomic E-state index is 0.0557. The molecule has 1 atom stereocenters. The van der Waals surface area contributed by atoms with Crippen LogP contribution >= 0.6 is 0 Å². The number of rotatable bonds is 4. The van der Waals surface area contributed by atoms with Crippen molar-refractivity contribution >= 4 is 17.6 Å². The molecule has 0 radical (unpaired) electrons. The Morgan fingerprint density at radius 3 is 2.54 bits per heavy atom. The van der Waals surface area contributed by atoms with Gasteiger partial charge in [-0.25, -0.2) is 0 Å². The molecule has 1 heterocycles. The lowest BCUT2D eigenvalue weighted by molar-refractivity contribution is -0.143. The van der Waals surface area contributed by atoms with Crippen LogP contribution in [-0.2, 0) is 4.79 Å². The Morgan fingerprint density at radius 1 is 1.04 bits per heavy atom. The lowest BCUT2D eigenvalue weighted by atomic mass is 9.94. The summed E-state index contributed by atoms with van der Waals surface area (Å²) in [7, 11) is 0. The summed E-state index contributed by atoms with van der Waals surface area (Å²) >= 11 is 0. The van der Waals surface area contributed by atoms with Gasteiger partial charge in [-0.15, -0.1) is 0 Å². The van der Waals surface area contributed by atoms with Crippen molar-refractivity contribution in [1.82, 2.24) is 4.90 Å². The molecule has 5 nitrogen and oxygen atoms in total. The zero-order valence-electron chi connectivity index (χ0n) is 14.0. The summed E-state index contributed by atoms with van der Waals surface area (Å²) in [5.74, 6) is -1.30. The van der Waals surface area contributed by atoms with Crippen LogP contribution in [0.5, 0.6) is 0 Å². The number of amides is 1. The van der Waals surface area contributed by atoms with Crippen LogP contribution in [0.25, 0.3) is 0 Å². The average molecular weight is 330 g/mol. The third-order valence-electron chi connectivity index (χ3n) is 5.18. The van der Waals surface area contributed by atoms with Crippen molar-refractivity contribution in [2.24, 2.45) is 5.92 Å². The third kappa shape index (κ3) is 3.89. The van der Waals surface area contributed by atoms with E-state index >= 15 is 0 Å². The maximum Gasteiger partial charge on any atom is 0.308 e. The van der Waals surface area contributed by atoms with Crippen LogP contribution in [0, 0.1) is 5.92 Å². The van der Waals surface area contributed by atoms with E-state index in [-0.39, 0.29) is 5.91 Å². The first kappa shape index (κ1) is 16.8. The van der Waals surface area contributed by atoms with Gasteiger partial charge in [0.2, 0.25) is 0 Å². The number of carbonyl (C=O) groups excluding carboxylic acids is 1. The molecule has 130 valence electrons. The molecular formula is C19H26N2O3. The second-order valence-electron chi connectivity index (χ2n) is 6.95. The Labute approximate surface area is 143 Å². The molecule has 1 aromatic rings. The summed E-state index contributed by atoms with van der Waals surface area (Å²) in [5, 5.41) is 12.8. The molecule has 1 aliphatic carbocycles. The molecule has 2 fully saturated rings. The Bertz CT molecular complexity index is 596. The number of aliphatic carboxylic acids is 1. The molecule has 0 spiro atoms. The highest BCUT2D eigenvalue weighted by Crippen LogP contribution is 2.26. The van der Waals surface area contributed by atoms with Gasteiger partial charge in [0.15, 0.2) is 0 Å². The second-order valence-corrected chi connectivity index (χ2v) is 6.95. The fourth-order valence-electron chi connectivity index (χ4n) is 3.80. The fraction of sp³-hybridized carbons (Fsp3) is 0.579. The summed E-state index contributed by atoms with van der Waals surface area (Å²) in [4.78, 5) is 25.9. The number of nitrogens with one attached hydrogen (secondary N) is 1. The highest BCUT2D eigenvalue weighted by atomic mass is 16.4. The number of hydrogen-bond donors (Lipinski definition) is 2. The lowest BCUT2D eigenvalue weighted by Gasteiger charge is -2.32. The first-order valence-corrected chi connectivity index (χ1v) is 9.03. The standard InChI is InChI=1S/C19H26N2O3/c22-18(21-12-6-7-14(13-21)19(23)24)16-10-4-5-11-17(16)20-15-8-2-1-3-9-15/h4-5,10-11,14-15,20H,1-3,6-9,12-13H2,(H,23,24). The number of carboxylic acids is 1. The number of likely N-dealkylation sites (tertiary alicyclic amines) is 1. The van der Waals surface area contributed by atoms with Gasteiger partial charge < -0.3 is 15.3 Å². The van der Waals surface area contributed by atoms with Crippen molar-refractivity contribution in [3.8, 4) is 0 Å². The van der Waals surface area contributed by atoms with E-state index in [4.69, 9.17) is 0 Å². The van der Waals surface area contributed by atoms with E-state index in [2.05, 4.69) is 5.32 Å². The van der Waals surface area contributed by atoms with Gasteiger partial charge in [0.1, 0.15) is 0 Å². The maximum absolute atomic E-state index is 12.9. The number of nitrogens with zero attached hydrogens (tertiary/aromatic N) is 1. The van der Waals surface area contributed by atoms with Crippen LogP contribution in [0.3, 0.4) is 0 Å².